The third-order valence-corrected chi connectivity index (χ3v) is 4.42. The van der Waals surface area contributed by atoms with Gasteiger partial charge in [-0.15, -0.1) is 0 Å². The van der Waals surface area contributed by atoms with Crippen LogP contribution in [0.2, 0.25) is 0 Å². The summed E-state index contributed by atoms with van der Waals surface area (Å²) in [6.07, 6.45) is 3.81. The molecule has 1 aliphatic rings. The number of hydrogen-bond donors (Lipinski definition) is 2. The van der Waals surface area contributed by atoms with Crippen LogP contribution in [-0.4, -0.2) is 24.1 Å². The van der Waals surface area contributed by atoms with Gasteiger partial charge in [0.15, 0.2) is 5.82 Å². The van der Waals surface area contributed by atoms with E-state index in [1.54, 1.807) is 18.2 Å². The van der Waals surface area contributed by atoms with Crippen LogP contribution < -0.4 is 15.5 Å². The highest BCUT2D eigenvalue weighted by molar-refractivity contribution is 5.93. The fourth-order valence-corrected chi connectivity index (χ4v) is 3.13. The van der Waals surface area contributed by atoms with Crippen molar-refractivity contribution in [3.05, 3.63) is 54.2 Å². The molecular formula is C19H19FN4O2. The number of nitrogens with one attached hydrogen (secondary N) is 2. The quantitative estimate of drug-likeness (QED) is 0.746. The number of fused-ring (bicyclic) bond motifs is 1. The van der Waals surface area contributed by atoms with Gasteiger partial charge < -0.3 is 20.0 Å². The number of urea groups is 1. The average Bonchev–Trinajstić information content (AvgIpc) is 3.34. The second kappa shape index (κ2) is 7.03. The third kappa shape index (κ3) is 3.46. The molecule has 0 saturated carbocycles. The first kappa shape index (κ1) is 16.4. The summed E-state index contributed by atoms with van der Waals surface area (Å²) in [6, 6.07) is 9.82. The number of carbonyl (C=O) groups is 1. The van der Waals surface area contributed by atoms with Crippen LogP contribution in [0, 0.1) is 5.82 Å². The van der Waals surface area contributed by atoms with E-state index >= 15 is 0 Å². The molecule has 1 fully saturated rings. The predicted molar refractivity (Wildman–Crippen MR) is 97.7 cm³/mol. The molecule has 2 N–H and O–H groups in total. The Morgan fingerprint density at radius 1 is 1.23 bits per heavy atom. The molecule has 0 aliphatic carbocycles. The molecular weight excluding hydrogens is 335 g/mol. The standard InChI is InChI=1S/C19H19FN4O2/c20-16-11-14(22-19(25)21-12-15-4-3-9-26-15)10-13-5-6-17(23-18(13)16)24-7-1-2-8-24/h3-6,9-11H,1-2,7-8,12H2,(H2,21,22,25). The maximum atomic E-state index is 14.5. The molecule has 1 aromatic carbocycles. The number of carbonyl (C=O) groups excluding carboxylic acids is 1. The van der Waals surface area contributed by atoms with Crippen molar-refractivity contribution in [2.24, 2.45) is 0 Å². The zero-order valence-electron chi connectivity index (χ0n) is 14.2. The summed E-state index contributed by atoms with van der Waals surface area (Å²) in [5.74, 6) is 0.985. The Morgan fingerprint density at radius 2 is 2.08 bits per heavy atom. The first-order valence-corrected chi connectivity index (χ1v) is 8.61. The molecule has 2 amide bonds. The Hall–Kier alpha value is -3.09. The van der Waals surface area contributed by atoms with Crippen molar-refractivity contribution in [2.75, 3.05) is 23.3 Å². The van der Waals surface area contributed by atoms with Crippen LogP contribution in [0.3, 0.4) is 0 Å². The fraction of sp³-hybridized carbons (Fsp3) is 0.263. The van der Waals surface area contributed by atoms with Crippen molar-refractivity contribution in [3.63, 3.8) is 0 Å². The van der Waals surface area contributed by atoms with Gasteiger partial charge in [0.2, 0.25) is 0 Å². The molecule has 0 bridgehead atoms. The Bertz CT molecular complexity index is 921. The largest absolute Gasteiger partial charge is 0.467 e. The van der Waals surface area contributed by atoms with Crippen molar-refractivity contribution in [1.29, 1.82) is 0 Å². The number of pyridine rings is 1. The first-order valence-electron chi connectivity index (χ1n) is 8.61. The molecule has 7 heteroatoms. The zero-order chi connectivity index (χ0) is 17.9. The van der Waals surface area contributed by atoms with Gasteiger partial charge in [-0.1, -0.05) is 0 Å². The lowest BCUT2D eigenvalue weighted by molar-refractivity contribution is 0.251. The van der Waals surface area contributed by atoms with E-state index in [2.05, 4.69) is 20.5 Å². The number of benzene rings is 1. The Labute approximate surface area is 150 Å². The Balaban J connectivity index is 1.49. The fourth-order valence-electron chi connectivity index (χ4n) is 3.13. The minimum atomic E-state index is -0.454. The number of furan rings is 1. The summed E-state index contributed by atoms with van der Waals surface area (Å²) in [7, 11) is 0. The molecule has 1 saturated heterocycles. The van der Waals surface area contributed by atoms with E-state index in [1.165, 1.54) is 12.3 Å². The molecule has 6 nitrogen and oxygen atoms in total. The van der Waals surface area contributed by atoms with Crippen molar-refractivity contribution in [3.8, 4) is 0 Å². The number of aromatic nitrogens is 1. The van der Waals surface area contributed by atoms with Crippen LogP contribution in [0.1, 0.15) is 18.6 Å². The number of halogens is 1. The van der Waals surface area contributed by atoms with Gasteiger partial charge >= 0.3 is 6.03 Å². The summed E-state index contributed by atoms with van der Waals surface area (Å²) in [5.41, 5.74) is 0.693. The van der Waals surface area contributed by atoms with Crippen molar-refractivity contribution >= 4 is 28.4 Å². The summed E-state index contributed by atoms with van der Waals surface area (Å²) in [5, 5.41) is 5.94. The van der Waals surface area contributed by atoms with Gasteiger partial charge in [-0.05, 0) is 49.2 Å². The molecule has 0 atom stereocenters. The number of anilines is 2. The summed E-state index contributed by atoms with van der Waals surface area (Å²) < 4.78 is 19.7. The van der Waals surface area contributed by atoms with Crippen LogP contribution in [0.15, 0.2) is 47.1 Å². The zero-order valence-corrected chi connectivity index (χ0v) is 14.2. The molecule has 0 radical (unpaired) electrons. The lowest BCUT2D eigenvalue weighted by atomic mass is 10.2. The first-order chi connectivity index (χ1) is 12.7. The van der Waals surface area contributed by atoms with Crippen LogP contribution in [0.5, 0.6) is 0 Å². The molecule has 3 heterocycles. The normalized spacial score (nSPS) is 14.0. The highest BCUT2D eigenvalue weighted by atomic mass is 19.1. The van der Waals surface area contributed by atoms with E-state index < -0.39 is 11.8 Å². The van der Waals surface area contributed by atoms with Gasteiger partial charge in [-0.2, -0.15) is 0 Å². The average molecular weight is 354 g/mol. The summed E-state index contributed by atoms with van der Waals surface area (Å²) in [4.78, 5) is 18.6. The molecule has 134 valence electrons. The van der Waals surface area contributed by atoms with Gasteiger partial charge in [-0.3, -0.25) is 0 Å². The number of hydrogen-bond acceptors (Lipinski definition) is 4. The van der Waals surface area contributed by atoms with E-state index in [0.29, 0.717) is 22.4 Å². The van der Waals surface area contributed by atoms with Crippen LogP contribution in [-0.2, 0) is 6.54 Å². The van der Waals surface area contributed by atoms with E-state index in [4.69, 9.17) is 4.42 Å². The number of nitrogens with zero attached hydrogens (tertiary/aromatic N) is 2. The lowest BCUT2D eigenvalue weighted by Crippen LogP contribution is -2.28. The third-order valence-electron chi connectivity index (χ3n) is 4.42. The minimum absolute atomic E-state index is 0.260. The highest BCUT2D eigenvalue weighted by Gasteiger charge is 2.15. The molecule has 4 rings (SSSR count). The van der Waals surface area contributed by atoms with Crippen molar-refractivity contribution in [2.45, 2.75) is 19.4 Å². The van der Waals surface area contributed by atoms with Gasteiger partial charge in [0.25, 0.3) is 0 Å². The molecule has 0 unspecified atom stereocenters. The smallest absolute Gasteiger partial charge is 0.319 e. The maximum Gasteiger partial charge on any atom is 0.319 e. The van der Waals surface area contributed by atoms with Crippen molar-refractivity contribution in [1.82, 2.24) is 10.3 Å². The highest BCUT2D eigenvalue weighted by Crippen LogP contribution is 2.26. The van der Waals surface area contributed by atoms with Gasteiger partial charge in [0.05, 0.1) is 12.8 Å². The van der Waals surface area contributed by atoms with Crippen LogP contribution >= 0.6 is 0 Å². The summed E-state index contributed by atoms with van der Waals surface area (Å²) >= 11 is 0. The molecule has 3 aromatic rings. The minimum Gasteiger partial charge on any atom is -0.467 e. The second-order valence-electron chi connectivity index (χ2n) is 6.28. The Kier molecular flexibility index (Phi) is 4.43. The second-order valence-corrected chi connectivity index (χ2v) is 6.28. The lowest BCUT2D eigenvalue weighted by Gasteiger charge is -2.17. The van der Waals surface area contributed by atoms with Crippen molar-refractivity contribution < 1.29 is 13.6 Å². The monoisotopic (exact) mass is 354 g/mol. The van der Waals surface area contributed by atoms with E-state index in [0.717, 1.165) is 31.7 Å². The molecule has 1 aliphatic heterocycles. The summed E-state index contributed by atoms with van der Waals surface area (Å²) in [6.45, 7) is 2.17. The van der Waals surface area contributed by atoms with E-state index in [-0.39, 0.29) is 6.54 Å². The van der Waals surface area contributed by atoms with Gasteiger partial charge in [-0.25, -0.2) is 14.2 Å². The molecule has 2 aromatic heterocycles. The number of rotatable bonds is 4. The number of amides is 2. The van der Waals surface area contributed by atoms with Gasteiger partial charge in [0, 0.05) is 24.2 Å². The molecule has 0 spiro atoms. The van der Waals surface area contributed by atoms with Crippen LogP contribution in [0.25, 0.3) is 10.9 Å². The molecule has 26 heavy (non-hydrogen) atoms. The SMILES string of the molecule is O=C(NCc1ccco1)Nc1cc(F)c2nc(N3CCCC3)ccc2c1. The van der Waals surface area contributed by atoms with Gasteiger partial charge in [0.1, 0.15) is 17.1 Å². The van der Waals surface area contributed by atoms with E-state index in [9.17, 15) is 9.18 Å². The van der Waals surface area contributed by atoms with E-state index in [1.807, 2.05) is 12.1 Å². The maximum absolute atomic E-state index is 14.5. The topological polar surface area (TPSA) is 70.4 Å². The van der Waals surface area contributed by atoms with Crippen LogP contribution in [0.4, 0.5) is 20.7 Å². The predicted octanol–water partition coefficient (Wildman–Crippen LogP) is 3.89. The Morgan fingerprint density at radius 3 is 2.85 bits per heavy atom.